The lowest BCUT2D eigenvalue weighted by Gasteiger charge is -2.32. The summed E-state index contributed by atoms with van der Waals surface area (Å²) in [6, 6.07) is 0. The van der Waals surface area contributed by atoms with Crippen molar-refractivity contribution in [3.63, 3.8) is 0 Å². The molecular weight excluding hydrogens is 180 g/mol. The zero-order valence-electron chi connectivity index (χ0n) is 9.07. The second-order valence-electron chi connectivity index (χ2n) is 4.07. The average molecular weight is 200 g/mol. The Labute approximate surface area is 85.5 Å². The quantitative estimate of drug-likeness (QED) is 0.693. The highest BCUT2D eigenvalue weighted by Crippen LogP contribution is 2.05. The molecule has 1 aliphatic rings. The van der Waals surface area contributed by atoms with Crippen LogP contribution in [0.5, 0.6) is 0 Å². The predicted octanol–water partition coefficient (Wildman–Crippen LogP) is -0.0786. The highest BCUT2D eigenvalue weighted by Gasteiger charge is 2.18. The zero-order valence-corrected chi connectivity index (χ0v) is 9.07. The van der Waals surface area contributed by atoms with Gasteiger partial charge in [-0.1, -0.05) is 0 Å². The van der Waals surface area contributed by atoms with Crippen LogP contribution in [0.4, 0.5) is 0 Å². The number of likely N-dealkylation sites (N-methyl/N-ethyl adjacent to an activating group) is 1. The minimum Gasteiger partial charge on any atom is -0.393 e. The zero-order chi connectivity index (χ0) is 10.6. The van der Waals surface area contributed by atoms with Gasteiger partial charge in [-0.05, 0) is 20.4 Å². The molecule has 1 saturated heterocycles. The van der Waals surface area contributed by atoms with Gasteiger partial charge in [-0.2, -0.15) is 0 Å². The maximum atomic E-state index is 11.6. The molecular formula is C10H20N2O2. The van der Waals surface area contributed by atoms with Gasteiger partial charge in [0.05, 0.1) is 6.10 Å². The van der Waals surface area contributed by atoms with Gasteiger partial charge in [0.25, 0.3) is 0 Å². The second kappa shape index (κ2) is 5.32. The molecule has 4 heteroatoms. The number of piperazine rings is 1. The summed E-state index contributed by atoms with van der Waals surface area (Å²) in [5.74, 6) is 0.180. The van der Waals surface area contributed by atoms with E-state index in [2.05, 4.69) is 11.9 Å². The van der Waals surface area contributed by atoms with Crippen LogP contribution >= 0.6 is 0 Å². The van der Waals surface area contributed by atoms with Gasteiger partial charge in [0.1, 0.15) is 0 Å². The third kappa shape index (κ3) is 3.64. The molecule has 0 aromatic rings. The van der Waals surface area contributed by atoms with E-state index < -0.39 is 0 Å². The van der Waals surface area contributed by atoms with E-state index in [0.29, 0.717) is 12.8 Å². The Bertz CT molecular complexity index is 187. The van der Waals surface area contributed by atoms with Crippen molar-refractivity contribution in [3.8, 4) is 0 Å². The molecule has 0 saturated carbocycles. The van der Waals surface area contributed by atoms with E-state index in [1.165, 1.54) is 0 Å². The molecule has 0 spiro atoms. The highest BCUT2D eigenvalue weighted by molar-refractivity contribution is 5.76. The summed E-state index contributed by atoms with van der Waals surface area (Å²) in [4.78, 5) is 15.7. The summed E-state index contributed by atoms with van der Waals surface area (Å²) in [7, 11) is 2.07. The fraction of sp³-hybridized carbons (Fsp3) is 0.900. The summed E-state index contributed by atoms with van der Waals surface area (Å²) < 4.78 is 0. The maximum absolute atomic E-state index is 11.6. The SMILES string of the molecule is CC(O)CCC(=O)N1CCN(C)CC1. The minimum absolute atomic E-state index is 0.180. The molecule has 0 radical (unpaired) electrons. The molecule has 4 nitrogen and oxygen atoms in total. The van der Waals surface area contributed by atoms with Crippen molar-refractivity contribution in [2.45, 2.75) is 25.9 Å². The summed E-state index contributed by atoms with van der Waals surface area (Å²) in [6.07, 6.45) is 0.679. The first kappa shape index (κ1) is 11.5. The summed E-state index contributed by atoms with van der Waals surface area (Å²) in [6.45, 7) is 5.29. The number of carbonyl (C=O) groups is 1. The standard InChI is InChI=1S/C10H20N2O2/c1-9(13)3-4-10(14)12-7-5-11(2)6-8-12/h9,13H,3-8H2,1-2H3. The van der Waals surface area contributed by atoms with Crippen LogP contribution in [0.2, 0.25) is 0 Å². The highest BCUT2D eigenvalue weighted by atomic mass is 16.3. The summed E-state index contributed by atoms with van der Waals surface area (Å²) in [5, 5.41) is 9.06. The third-order valence-corrected chi connectivity index (χ3v) is 2.63. The van der Waals surface area contributed by atoms with E-state index in [-0.39, 0.29) is 12.0 Å². The van der Waals surface area contributed by atoms with Crippen molar-refractivity contribution in [1.82, 2.24) is 9.80 Å². The molecule has 0 bridgehead atoms. The lowest BCUT2D eigenvalue weighted by Crippen LogP contribution is -2.47. The molecule has 82 valence electrons. The van der Waals surface area contributed by atoms with E-state index in [1.807, 2.05) is 4.90 Å². The molecule has 1 atom stereocenters. The van der Waals surface area contributed by atoms with Crippen LogP contribution in [0.15, 0.2) is 0 Å². The first-order valence-electron chi connectivity index (χ1n) is 5.24. The number of amides is 1. The monoisotopic (exact) mass is 200 g/mol. The Kier molecular flexibility index (Phi) is 4.35. The minimum atomic E-state index is -0.369. The van der Waals surface area contributed by atoms with Gasteiger partial charge in [0.2, 0.25) is 5.91 Å². The second-order valence-corrected chi connectivity index (χ2v) is 4.07. The number of carbonyl (C=O) groups excluding carboxylic acids is 1. The fourth-order valence-electron chi connectivity index (χ4n) is 1.55. The number of hydrogen-bond acceptors (Lipinski definition) is 3. The van der Waals surface area contributed by atoms with Crippen LogP contribution in [0.1, 0.15) is 19.8 Å². The molecule has 1 aliphatic heterocycles. The van der Waals surface area contributed by atoms with Gasteiger partial charge in [-0.3, -0.25) is 4.79 Å². The maximum Gasteiger partial charge on any atom is 0.222 e. The first-order valence-corrected chi connectivity index (χ1v) is 5.24. The lowest BCUT2D eigenvalue weighted by atomic mass is 10.2. The van der Waals surface area contributed by atoms with Crippen LogP contribution in [-0.2, 0) is 4.79 Å². The molecule has 0 aliphatic carbocycles. The van der Waals surface area contributed by atoms with Crippen molar-refractivity contribution >= 4 is 5.91 Å². The van der Waals surface area contributed by atoms with Gasteiger partial charge < -0.3 is 14.9 Å². The van der Waals surface area contributed by atoms with Crippen LogP contribution in [0.3, 0.4) is 0 Å². The molecule has 1 heterocycles. The predicted molar refractivity (Wildman–Crippen MR) is 55.0 cm³/mol. The molecule has 0 aromatic heterocycles. The van der Waals surface area contributed by atoms with E-state index in [9.17, 15) is 4.79 Å². The molecule has 1 amide bonds. The number of nitrogens with zero attached hydrogens (tertiary/aromatic N) is 2. The van der Waals surface area contributed by atoms with Gasteiger partial charge in [-0.15, -0.1) is 0 Å². The Balaban J connectivity index is 2.24. The third-order valence-electron chi connectivity index (χ3n) is 2.63. The van der Waals surface area contributed by atoms with Gasteiger partial charge in [0, 0.05) is 32.6 Å². The average Bonchev–Trinajstić information content (AvgIpc) is 2.15. The molecule has 1 unspecified atom stereocenters. The Morgan fingerprint density at radius 3 is 2.43 bits per heavy atom. The molecule has 1 fully saturated rings. The smallest absolute Gasteiger partial charge is 0.222 e. The Hall–Kier alpha value is -0.610. The van der Waals surface area contributed by atoms with E-state index >= 15 is 0 Å². The number of aliphatic hydroxyl groups is 1. The Morgan fingerprint density at radius 2 is 1.93 bits per heavy atom. The van der Waals surface area contributed by atoms with Crippen molar-refractivity contribution < 1.29 is 9.90 Å². The van der Waals surface area contributed by atoms with Gasteiger partial charge in [0.15, 0.2) is 0 Å². The van der Waals surface area contributed by atoms with Crippen molar-refractivity contribution in [2.24, 2.45) is 0 Å². The van der Waals surface area contributed by atoms with E-state index in [0.717, 1.165) is 26.2 Å². The number of rotatable bonds is 3. The Morgan fingerprint density at radius 1 is 1.36 bits per heavy atom. The van der Waals surface area contributed by atoms with Crippen LogP contribution in [-0.4, -0.2) is 60.1 Å². The number of aliphatic hydroxyl groups excluding tert-OH is 1. The van der Waals surface area contributed by atoms with Crippen molar-refractivity contribution in [2.75, 3.05) is 33.2 Å². The van der Waals surface area contributed by atoms with E-state index in [4.69, 9.17) is 5.11 Å². The van der Waals surface area contributed by atoms with Gasteiger partial charge >= 0.3 is 0 Å². The first-order chi connectivity index (χ1) is 6.59. The van der Waals surface area contributed by atoms with Crippen LogP contribution in [0, 0.1) is 0 Å². The van der Waals surface area contributed by atoms with E-state index in [1.54, 1.807) is 6.92 Å². The van der Waals surface area contributed by atoms with Gasteiger partial charge in [-0.25, -0.2) is 0 Å². The topological polar surface area (TPSA) is 43.8 Å². The largest absolute Gasteiger partial charge is 0.393 e. The summed E-state index contributed by atoms with van der Waals surface area (Å²) in [5.41, 5.74) is 0. The molecule has 0 aromatic carbocycles. The normalized spacial score (nSPS) is 20.9. The number of hydrogen-bond donors (Lipinski definition) is 1. The van der Waals surface area contributed by atoms with Crippen molar-refractivity contribution in [1.29, 1.82) is 0 Å². The van der Waals surface area contributed by atoms with Crippen molar-refractivity contribution in [3.05, 3.63) is 0 Å². The molecule has 1 rings (SSSR count). The lowest BCUT2D eigenvalue weighted by molar-refractivity contribution is -0.133. The van der Waals surface area contributed by atoms with Crippen LogP contribution in [0.25, 0.3) is 0 Å². The van der Waals surface area contributed by atoms with Crippen LogP contribution < -0.4 is 0 Å². The summed E-state index contributed by atoms with van der Waals surface area (Å²) >= 11 is 0. The molecule has 14 heavy (non-hydrogen) atoms. The molecule has 1 N–H and O–H groups in total. The fourth-order valence-corrected chi connectivity index (χ4v) is 1.55.